The van der Waals surface area contributed by atoms with Crippen LogP contribution in [0, 0.1) is 5.92 Å². The summed E-state index contributed by atoms with van der Waals surface area (Å²) < 4.78 is 8.19. The number of rotatable bonds is 7. The zero-order valence-corrected chi connectivity index (χ0v) is 21.9. The molecule has 1 aromatic carbocycles. The Morgan fingerprint density at radius 3 is 2.83 bits per heavy atom. The average molecular weight is 524 g/mol. The van der Waals surface area contributed by atoms with Crippen molar-refractivity contribution >= 4 is 46.2 Å². The van der Waals surface area contributed by atoms with Gasteiger partial charge >= 0.3 is 0 Å². The number of carbonyl (C=O) groups is 1. The first-order chi connectivity index (χ1) is 17.4. The standard InChI is InChI=1S/C27H30ClN5O2S/c1-17(2)26(34)30-21-11-10-18(15-20(21)28)33-25(24(31-27(33)36)22-8-3-4-12-29-22)23-9-5-13-32(23)16-19-7-6-14-35-19/h3-5,8-13,15,17,19,24-25H,6-7,14,16H2,1-2H3,(H,30,34)(H,31,36)/t19-,24+,25+/m0/s1. The van der Waals surface area contributed by atoms with E-state index in [9.17, 15) is 4.79 Å². The van der Waals surface area contributed by atoms with Crippen molar-refractivity contribution in [2.75, 3.05) is 16.8 Å². The maximum absolute atomic E-state index is 12.2. The number of halogens is 1. The van der Waals surface area contributed by atoms with Crippen molar-refractivity contribution in [3.05, 3.63) is 77.3 Å². The lowest BCUT2D eigenvalue weighted by Crippen LogP contribution is -2.31. The van der Waals surface area contributed by atoms with Crippen LogP contribution >= 0.6 is 23.8 Å². The van der Waals surface area contributed by atoms with Crippen LogP contribution in [-0.2, 0) is 16.1 Å². The molecule has 5 rings (SSSR count). The van der Waals surface area contributed by atoms with Crippen molar-refractivity contribution in [3.8, 4) is 0 Å². The van der Waals surface area contributed by atoms with Crippen LogP contribution in [0.5, 0.6) is 0 Å². The van der Waals surface area contributed by atoms with Crippen molar-refractivity contribution in [2.24, 2.45) is 5.92 Å². The molecule has 7 nitrogen and oxygen atoms in total. The van der Waals surface area contributed by atoms with Crippen LogP contribution in [0.15, 0.2) is 60.9 Å². The molecule has 0 saturated carbocycles. The van der Waals surface area contributed by atoms with Gasteiger partial charge in [-0.3, -0.25) is 9.78 Å². The minimum atomic E-state index is -0.157. The van der Waals surface area contributed by atoms with Crippen molar-refractivity contribution < 1.29 is 9.53 Å². The van der Waals surface area contributed by atoms with Crippen molar-refractivity contribution in [1.29, 1.82) is 0 Å². The molecule has 3 atom stereocenters. The summed E-state index contributed by atoms with van der Waals surface area (Å²) in [6, 6.07) is 15.4. The van der Waals surface area contributed by atoms with Crippen LogP contribution in [0.3, 0.4) is 0 Å². The number of hydrogen-bond acceptors (Lipinski definition) is 4. The number of hydrogen-bond donors (Lipinski definition) is 2. The van der Waals surface area contributed by atoms with Gasteiger partial charge in [-0.25, -0.2) is 0 Å². The Kier molecular flexibility index (Phi) is 7.27. The van der Waals surface area contributed by atoms with Crippen molar-refractivity contribution in [1.82, 2.24) is 14.9 Å². The van der Waals surface area contributed by atoms with Gasteiger partial charge in [-0.15, -0.1) is 0 Å². The molecular formula is C27H30ClN5O2S. The molecule has 188 valence electrons. The number of amides is 1. The summed E-state index contributed by atoms with van der Waals surface area (Å²) in [6.45, 7) is 5.30. The zero-order valence-electron chi connectivity index (χ0n) is 20.4. The second-order valence-electron chi connectivity index (χ2n) is 9.53. The highest BCUT2D eigenvalue weighted by atomic mass is 35.5. The van der Waals surface area contributed by atoms with Crippen molar-refractivity contribution in [3.63, 3.8) is 0 Å². The number of thiocarbonyl (C=S) groups is 1. The number of carbonyl (C=O) groups excluding carboxylic acids is 1. The lowest BCUT2D eigenvalue weighted by Gasteiger charge is -2.29. The minimum Gasteiger partial charge on any atom is -0.376 e. The van der Waals surface area contributed by atoms with E-state index in [0.717, 1.165) is 43.1 Å². The predicted molar refractivity (Wildman–Crippen MR) is 146 cm³/mol. The molecule has 3 aromatic rings. The van der Waals surface area contributed by atoms with Gasteiger partial charge in [0.25, 0.3) is 0 Å². The Hall–Kier alpha value is -2.94. The van der Waals surface area contributed by atoms with Gasteiger partial charge in [0, 0.05) is 42.8 Å². The number of aromatic nitrogens is 2. The maximum Gasteiger partial charge on any atom is 0.226 e. The minimum absolute atomic E-state index is 0.0805. The number of ether oxygens (including phenoxy) is 1. The average Bonchev–Trinajstić information content (AvgIpc) is 3.61. The highest BCUT2D eigenvalue weighted by molar-refractivity contribution is 7.80. The summed E-state index contributed by atoms with van der Waals surface area (Å²) in [4.78, 5) is 18.9. The molecule has 0 aliphatic carbocycles. The Morgan fingerprint density at radius 1 is 1.28 bits per heavy atom. The molecule has 2 aliphatic rings. The van der Waals surface area contributed by atoms with Gasteiger partial charge in [0.05, 0.1) is 28.5 Å². The molecule has 0 spiro atoms. The van der Waals surface area contributed by atoms with E-state index < -0.39 is 0 Å². The topological polar surface area (TPSA) is 71.4 Å². The molecular weight excluding hydrogens is 494 g/mol. The van der Waals surface area contributed by atoms with E-state index in [1.54, 1.807) is 6.20 Å². The number of anilines is 2. The summed E-state index contributed by atoms with van der Waals surface area (Å²) in [5.74, 6) is -0.223. The van der Waals surface area contributed by atoms with Gasteiger partial charge in [0.2, 0.25) is 5.91 Å². The van der Waals surface area contributed by atoms with E-state index in [1.165, 1.54) is 0 Å². The van der Waals surface area contributed by atoms with Crippen LogP contribution in [0.25, 0.3) is 0 Å². The zero-order chi connectivity index (χ0) is 25.2. The van der Waals surface area contributed by atoms with E-state index in [4.69, 9.17) is 28.6 Å². The van der Waals surface area contributed by atoms with Crippen LogP contribution in [0.4, 0.5) is 11.4 Å². The van der Waals surface area contributed by atoms with Crippen LogP contribution in [0.2, 0.25) is 5.02 Å². The van der Waals surface area contributed by atoms with E-state index in [1.807, 2.05) is 50.2 Å². The van der Waals surface area contributed by atoms with Gasteiger partial charge in [-0.1, -0.05) is 31.5 Å². The van der Waals surface area contributed by atoms with Gasteiger partial charge in [-0.2, -0.15) is 0 Å². The first-order valence-electron chi connectivity index (χ1n) is 12.3. The highest BCUT2D eigenvalue weighted by Crippen LogP contribution is 2.43. The Labute approximate surface area is 221 Å². The molecule has 0 radical (unpaired) electrons. The highest BCUT2D eigenvalue weighted by Gasteiger charge is 2.42. The summed E-state index contributed by atoms with van der Waals surface area (Å²) in [5, 5.41) is 7.44. The molecule has 4 heterocycles. The van der Waals surface area contributed by atoms with Crippen molar-refractivity contribution in [2.45, 2.75) is 51.4 Å². The quantitative estimate of drug-likeness (QED) is 0.399. The molecule has 2 N–H and O–H groups in total. The Morgan fingerprint density at radius 2 is 2.14 bits per heavy atom. The van der Waals surface area contributed by atoms with Gasteiger partial charge in [0.15, 0.2) is 5.11 Å². The molecule has 0 bridgehead atoms. The van der Waals surface area contributed by atoms with E-state index >= 15 is 0 Å². The molecule has 36 heavy (non-hydrogen) atoms. The lowest BCUT2D eigenvalue weighted by molar-refractivity contribution is -0.118. The number of nitrogens with one attached hydrogen (secondary N) is 2. The van der Waals surface area contributed by atoms with Crippen LogP contribution < -0.4 is 15.5 Å². The summed E-state index contributed by atoms with van der Waals surface area (Å²) >= 11 is 12.5. The molecule has 2 saturated heterocycles. The van der Waals surface area contributed by atoms with E-state index in [-0.39, 0.29) is 30.0 Å². The Balaban J connectivity index is 1.53. The lowest BCUT2D eigenvalue weighted by atomic mass is 10.0. The first kappa shape index (κ1) is 24.7. The fourth-order valence-corrected chi connectivity index (χ4v) is 5.40. The fourth-order valence-electron chi connectivity index (χ4n) is 4.84. The van der Waals surface area contributed by atoms with Gasteiger partial charge < -0.3 is 24.8 Å². The fraction of sp³-hybridized carbons (Fsp3) is 0.370. The van der Waals surface area contributed by atoms with Crippen LogP contribution in [-0.4, -0.2) is 33.3 Å². The summed E-state index contributed by atoms with van der Waals surface area (Å²) in [5.41, 5.74) is 3.44. The monoisotopic (exact) mass is 523 g/mol. The first-order valence-corrected chi connectivity index (χ1v) is 13.1. The largest absolute Gasteiger partial charge is 0.376 e. The second kappa shape index (κ2) is 10.6. The summed E-state index contributed by atoms with van der Waals surface area (Å²) in [7, 11) is 0. The molecule has 0 unspecified atom stereocenters. The normalized spacial score (nSPS) is 21.7. The smallest absolute Gasteiger partial charge is 0.226 e. The van der Waals surface area contributed by atoms with Gasteiger partial charge in [0.1, 0.15) is 6.04 Å². The van der Waals surface area contributed by atoms with E-state index in [0.29, 0.717) is 15.8 Å². The SMILES string of the molecule is CC(C)C(=O)Nc1ccc(N2C(=S)N[C@H](c3ccccn3)[C@H]2c2cccn2C[C@@H]2CCCO2)cc1Cl. The number of pyridine rings is 1. The molecule has 2 aromatic heterocycles. The third-order valence-electron chi connectivity index (χ3n) is 6.70. The van der Waals surface area contributed by atoms with E-state index in [2.05, 4.69) is 43.4 Å². The molecule has 1 amide bonds. The Bertz CT molecular complexity index is 1240. The molecule has 2 aliphatic heterocycles. The summed E-state index contributed by atoms with van der Waals surface area (Å²) in [6.07, 6.45) is 6.26. The second-order valence-corrected chi connectivity index (χ2v) is 10.3. The molecule has 9 heteroatoms. The van der Waals surface area contributed by atoms with Crippen LogP contribution in [0.1, 0.15) is 50.2 Å². The maximum atomic E-state index is 12.2. The predicted octanol–water partition coefficient (Wildman–Crippen LogP) is 5.49. The number of benzene rings is 1. The third kappa shape index (κ3) is 4.98. The number of nitrogens with zero attached hydrogens (tertiary/aromatic N) is 3. The third-order valence-corrected chi connectivity index (χ3v) is 7.33. The molecule has 2 fully saturated rings. The van der Waals surface area contributed by atoms with Gasteiger partial charge in [-0.05, 0) is 67.5 Å².